The van der Waals surface area contributed by atoms with Gasteiger partial charge in [0.05, 0.1) is 18.2 Å². The van der Waals surface area contributed by atoms with Crippen LogP contribution in [0.5, 0.6) is 5.75 Å². The highest BCUT2D eigenvalue weighted by molar-refractivity contribution is 6.22. The van der Waals surface area contributed by atoms with Crippen LogP contribution in [0, 0.1) is 5.92 Å². The Hall–Kier alpha value is -3.15. The highest BCUT2D eigenvalue weighted by Crippen LogP contribution is 2.27. The molecule has 0 fully saturated rings. The van der Waals surface area contributed by atoms with E-state index in [1.54, 1.807) is 31.4 Å². The Morgan fingerprint density at radius 1 is 1.00 bits per heavy atom. The zero-order chi connectivity index (χ0) is 19.6. The number of carbonyl (C=O) groups is 3. The third-order valence-corrected chi connectivity index (χ3v) is 4.63. The molecule has 0 spiro atoms. The van der Waals surface area contributed by atoms with Crippen LogP contribution in [0.4, 0.5) is 0 Å². The first kappa shape index (κ1) is 18.6. The number of hydrogen-bond donors (Lipinski definition) is 1. The van der Waals surface area contributed by atoms with Gasteiger partial charge in [0.25, 0.3) is 11.8 Å². The highest BCUT2D eigenvalue weighted by atomic mass is 16.5. The molecule has 1 aliphatic heterocycles. The van der Waals surface area contributed by atoms with Gasteiger partial charge in [-0.2, -0.15) is 0 Å². The van der Waals surface area contributed by atoms with Gasteiger partial charge in [-0.1, -0.05) is 38.1 Å². The molecule has 6 heteroatoms. The minimum absolute atomic E-state index is 0.219. The Bertz CT molecular complexity index is 839. The molecule has 0 radical (unpaired) electrons. The molecule has 0 saturated carbocycles. The maximum atomic E-state index is 12.8. The van der Waals surface area contributed by atoms with E-state index in [-0.39, 0.29) is 11.8 Å². The molecule has 0 bridgehead atoms. The number of nitrogens with zero attached hydrogens (tertiary/aromatic N) is 1. The van der Waals surface area contributed by atoms with E-state index in [0.717, 1.165) is 16.2 Å². The average Bonchev–Trinajstić information content (AvgIpc) is 2.92. The van der Waals surface area contributed by atoms with Crippen LogP contribution in [0.15, 0.2) is 48.5 Å². The number of imide groups is 1. The summed E-state index contributed by atoms with van der Waals surface area (Å²) in [7, 11) is 1.59. The van der Waals surface area contributed by atoms with Crippen molar-refractivity contribution in [1.29, 1.82) is 0 Å². The number of hydrogen-bond acceptors (Lipinski definition) is 4. The van der Waals surface area contributed by atoms with Crippen molar-refractivity contribution in [2.45, 2.75) is 26.4 Å². The lowest BCUT2D eigenvalue weighted by molar-refractivity contribution is -0.126. The smallest absolute Gasteiger partial charge is 0.262 e. The molecule has 3 amide bonds. The summed E-state index contributed by atoms with van der Waals surface area (Å²) in [6, 6.07) is 13.1. The number of carbonyl (C=O) groups excluding carboxylic acids is 3. The van der Waals surface area contributed by atoms with Gasteiger partial charge in [0.2, 0.25) is 5.91 Å². The molecule has 1 heterocycles. The molecule has 1 aliphatic rings. The molecule has 1 N–H and O–H groups in total. The molecular formula is C21H22N2O4. The Morgan fingerprint density at radius 2 is 1.56 bits per heavy atom. The molecule has 140 valence electrons. The number of fused-ring (bicyclic) bond motifs is 1. The first-order chi connectivity index (χ1) is 12.9. The molecule has 3 rings (SSSR count). The van der Waals surface area contributed by atoms with E-state index in [4.69, 9.17) is 4.74 Å². The summed E-state index contributed by atoms with van der Waals surface area (Å²) < 4.78 is 5.12. The van der Waals surface area contributed by atoms with Crippen LogP contribution < -0.4 is 10.1 Å². The maximum absolute atomic E-state index is 12.8. The van der Waals surface area contributed by atoms with Crippen molar-refractivity contribution in [2.24, 2.45) is 5.92 Å². The van der Waals surface area contributed by atoms with Crippen LogP contribution in [0.2, 0.25) is 0 Å². The van der Waals surface area contributed by atoms with Crippen LogP contribution in [-0.2, 0) is 11.3 Å². The second kappa shape index (κ2) is 7.61. The van der Waals surface area contributed by atoms with Crippen molar-refractivity contribution in [2.75, 3.05) is 7.11 Å². The number of benzene rings is 2. The number of amides is 3. The SMILES string of the molecule is COc1ccc(CNC(=O)[C@H](C(C)C)N2C(=O)c3ccccc3C2=O)cc1. The van der Waals surface area contributed by atoms with Crippen molar-refractivity contribution in [3.8, 4) is 5.75 Å². The van der Waals surface area contributed by atoms with Crippen molar-refractivity contribution in [3.05, 3.63) is 65.2 Å². The lowest BCUT2D eigenvalue weighted by Gasteiger charge is -2.28. The van der Waals surface area contributed by atoms with E-state index in [1.807, 2.05) is 38.1 Å². The lowest BCUT2D eigenvalue weighted by atomic mass is 10.0. The normalized spacial score (nSPS) is 14.3. The molecule has 0 aromatic heterocycles. The molecule has 27 heavy (non-hydrogen) atoms. The first-order valence-corrected chi connectivity index (χ1v) is 8.81. The van der Waals surface area contributed by atoms with E-state index in [2.05, 4.69) is 5.32 Å². The monoisotopic (exact) mass is 366 g/mol. The predicted molar refractivity (Wildman–Crippen MR) is 100 cm³/mol. The molecule has 2 aromatic rings. The molecule has 0 saturated heterocycles. The summed E-state index contributed by atoms with van der Waals surface area (Å²) >= 11 is 0. The van der Waals surface area contributed by atoms with Crippen molar-refractivity contribution in [3.63, 3.8) is 0 Å². The van der Waals surface area contributed by atoms with Crippen LogP contribution in [-0.4, -0.2) is 35.8 Å². The van der Waals surface area contributed by atoms with Crippen LogP contribution in [0.1, 0.15) is 40.1 Å². The second-order valence-electron chi connectivity index (χ2n) is 6.78. The summed E-state index contributed by atoms with van der Waals surface area (Å²) in [6.45, 7) is 3.94. The standard InChI is InChI=1S/C21H22N2O4/c1-13(2)18(19(24)22-12-14-8-10-15(27-3)11-9-14)23-20(25)16-6-4-5-7-17(16)21(23)26/h4-11,13,18H,12H2,1-3H3,(H,22,24)/t18-/m0/s1. The van der Waals surface area contributed by atoms with Crippen molar-refractivity contribution in [1.82, 2.24) is 10.2 Å². The number of methoxy groups -OCH3 is 1. The Labute approximate surface area is 158 Å². The summed E-state index contributed by atoms with van der Waals surface area (Å²) in [5, 5.41) is 2.84. The Balaban J connectivity index is 1.76. The summed E-state index contributed by atoms with van der Waals surface area (Å²) in [4.78, 5) is 39.3. The van der Waals surface area contributed by atoms with Gasteiger partial charge in [-0.05, 0) is 35.7 Å². The molecule has 1 atom stereocenters. The zero-order valence-corrected chi connectivity index (χ0v) is 15.6. The van der Waals surface area contributed by atoms with Gasteiger partial charge in [-0.3, -0.25) is 19.3 Å². The number of ether oxygens (including phenoxy) is 1. The fraction of sp³-hybridized carbons (Fsp3) is 0.286. The van der Waals surface area contributed by atoms with E-state index < -0.39 is 17.9 Å². The molecule has 0 unspecified atom stereocenters. The third kappa shape index (κ3) is 3.56. The number of nitrogens with one attached hydrogen (secondary N) is 1. The molecule has 2 aromatic carbocycles. The summed E-state index contributed by atoms with van der Waals surface area (Å²) in [5.41, 5.74) is 1.58. The van der Waals surface area contributed by atoms with Crippen LogP contribution in [0.25, 0.3) is 0 Å². The largest absolute Gasteiger partial charge is 0.497 e. The van der Waals surface area contributed by atoms with Gasteiger partial charge in [0.15, 0.2) is 0 Å². The zero-order valence-electron chi connectivity index (χ0n) is 15.6. The minimum atomic E-state index is -0.865. The van der Waals surface area contributed by atoms with Crippen molar-refractivity contribution >= 4 is 17.7 Å². The average molecular weight is 366 g/mol. The van der Waals surface area contributed by atoms with Gasteiger partial charge in [0, 0.05) is 6.54 Å². The minimum Gasteiger partial charge on any atom is -0.497 e. The van der Waals surface area contributed by atoms with Crippen LogP contribution >= 0.6 is 0 Å². The van der Waals surface area contributed by atoms with E-state index >= 15 is 0 Å². The highest BCUT2D eigenvalue weighted by Gasteiger charge is 2.43. The second-order valence-corrected chi connectivity index (χ2v) is 6.78. The molecule has 6 nitrogen and oxygen atoms in total. The van der Waals surface area contributed by atoms with Crippen LogP contribution in [0.3, 0.4) is 0 Å². The predicted octanol–water partition coefficient (Wildman–Crippen LogP) is 2.63. The fourth-order valence-electron chi connectivity index (χ4n) is 3.22. The lowest BCUT2D eigenvalue weighted by Crippen LogP contribution is -2.52. The quantitative estimate of drug-likeness (QED) is 0.798. The van der Waals surface area contributed by atoms with Gasteiger partial charge in [0.1, 0.15) is 11.8 Å². The number of rotatable bonds is 6. The van der Waals surface area contributed by atoms with Crippen molar-refractivity contribution < 1.29 is 19.1 Å². The van der Waals surface area contributed by atoms with Gasteiger partial charge in [-0.25, -0.2) is 0 Å². The third-order valence-electron chi connectivity index (χ3n) is 4.63. The molecular weight excluding hydrogens is 344 g/mol. The Morgan fingerprint density at radius 3 is 2.04 bits per heavy atom. The van der Waals surface area contributed by atoms with Gasteiger partial charge >= 0.3 is 0 Å². The van der Waals surface area contributed by atoms with Gasteiger partial charge < -0.3 is 10.1 Å². The van der Waals surface area contributed by atoms with E-state index in [0.29, 0.717) is 17.7 Å². The van der Waals surface area contributed by atoms with Gasteiger partial charge in [-0.15, -0.1) is 0 Å². The first-order valence-electron chi connectivity index (χ1n) is 8.81. The Kier molecular flexibility index (Phi) is 5.26. The topological polar surface area (TPSA) is 75.7 Å². The fourth-order valence-corrected chi connectivity index (χ4v) is 3.22. The molecule has 0 aliphatic carbocycles. The van der Waals surface area contributed by atoms with E-state index in [9.17, 15) is 14.4 Å². The maximum Gasteiger partial charge on any atom is 0.262 e. The van der Waals surface area contributed by atoms with E-state index in [1.165, 1.54) is 0 Å². The summed E-state index contributed by atoms with van der Waals surface area (Å²) in [6.07, 6.45) is 0. The summed E-state index contributed by atoms with van der Waals surface area (Å²) in [5.74, 6) is -0.683.